The van der Waals surface area contributed by atoms with E-state index in [-0.39, 0.29) is 12.2 Å². The molecule has 2 N–H and O–H groups in total. The van der Waals surface area contributed by atoms with Crippen LogP contribution in [0.4, 0.5) is 4.79 Å². The van der Waals surface area contributed by atoms with Crippen molar-refractivity contribution in [2.24, 2.45) is 0 Å². The van der Waals surface area contributed by atoms with Crippen molar-refractivity contribution in [1.29, 1.82) is 0 Å². The zero-order valence-electron chi connectivity index (χ0n) is 19.6. The van der Waals surface area contributed by atoms with Gasteiger partial charge in [0.15, 0.2) is 0 Å². The molecule has 0 aliphatic carbocycles. The van der Waals surface area contributed by atoms with E-state index < -0.39 is 17.7 Å². The maximum absolute atomic E-state index is 11.8. The molecule has 0 bridgehead atoms. The van der Waals surface area contributed by atoms with Crippen LogP contribution in [0.3, 0.4) is 0 Å². The van der Waals surface area contributed by atoms with Gasteiger partial charge >= 0.3 is 6.09 Å². The highest BCUT2D eigenvalue weighted by Gasteiger charge is 2.19. The molecule has 1 aromatic heterocycles. The van der Waals surface area contributed by atoms with Crippen LogP contribution in [0.5, 0.6) is 0 Å². The lowest BCUT2D eigenvalue weighted by molar-refractivity contribution is 0.0483. The van der Waals surface area contributed by atoms with E-state index in [1.165, 1.54) is 6.07 Å². The third-order valence-electron chi connectivity index (χ3n) is 3.32. The average molecular weight is 409 g/mol. The molecule has 0 saturated heterocycles. The number of alkyl carbamates (subject to hydrolysis) is 1. The number of carbonyl (C=O) groups excluding carboxylic acids is 1. The van der Waals surface area contributed by atoms with Crippen LogP contribution < -0.4 is 10.9 Å². The Bertz CT molecular complexity index is 697. The fraction of sp³-hybridized carbons (Fsp3) is 0.565. The zero-order valence-corrected chi connectivity index (χ0v) is 19.6. The van der Waals surface area contributed by atoms with Gasteiger partial charge in [0, 0.05) is 18.0 Å². The summed E-state index contributed by atoms with van der Waals surface area (Å²) < 4.78 is 6.74. The number of ether oxygens (including phenoxy) is 1. The van der Waals surface area contributed by atoms with Crippen LogP contribution in [0.25, 0.3) is 5.70 Å². The molecule has 166 valence electrons. The number of aromatic nitrogens is 1. The highest BCUT2D eigenvalue weighted by molar-refractivity contribution is 5.68. The lowest BCUT2D eigenvalue weighted by Gasteiger charge is -2.22. The molecule has 29 heavy (non-hydrogen) atoms. The Labute approximate surface area is 176 Å². The number of rotatable bonds is 6. The Kier molecular flexibility index (Phi) is 15.5. The largest absolute Gasteiger partial charge is 0.444 e. The second-order valence-electron chi connectivity index (χ2n) is 6.96. The summed E-state index contributed by atoms with van der Waals surface area (Å²) in [6.45, 7) is 16.9. The second-order valence-corrected chi connectivity index (χ2v) is 6.96. The van der Waals surface area contributed by atoms with Crippen molar-refractivity contribution in [2.45, 2.75) is 80.4 Å². The average Bonchev–Trinajstić information content (AvgIpc) is 2.67. The van der Waals surface area contributed by atoms with Crippen molar-refractivity contribution in [1.82, 2.24) is 9.88 Å². The van der Waals surface area contributed by atoms with Crippen LogP contribution in [-0.4, -0.2) is 34.0 Å². The minimum atomic E-state index is -0.586. The van der Waals surface area contributed by atoms with Crippen molar-refractivity contribution in [3.8, 4) is 0 Å². The maximum Gasteiger partial charge on any atom is 0.407 e. The summed E-state index contributed by atoms with van der Waals surface area (Å²) >= 11 is 0. The lowest BCUT2D eigenvalue weighted by Crippen LogP contribution is -2.41. The van der Waals surface area contributed by atoms with E-state index >= 15 is 0 Å². The molecule has 0 saturated carbocycles. The van der Waals surface area contributed by atoms with Crippen LogP contribution in [0.2, 0.25) is 0 Å². The molecule has 1 unspecified atom stereocenters. The van der Waals surface area contributed by atoms with Crippen molar-refractivity contribution in [2.75, 3.05) is 6.61 Å². The van der Waals surface area contributed by atoms with Gasteiger partial charge in [-0.2, -0.15) is 0 Å². The fourth-order valence-electron chi connectivity index (χ4n) is 2.15. The minimum absolute atomic E-state index is 0.0952. The molecule has 1 heterocycles. The van der Waals surface area contributed by atoms with Gasteiger partial charge in [0.2, 0.25) is 0 Å². The monoisotopic (exact) mass is 408 g/mol. The van der Waals surface area contributed by atoms with Gasteiger partial charge in [-0.05, 0) is 53.2 Å². The molecule has 6 heteroatoms. The zero-order chi connectivity index (χ0) is 23.0. The van der Waals surface area contributed by atoms with Gasteiger partial charge in [-0.25, -0.2) is 4.79 Å². The number of nitrogens with one attached hydrogen (secondary N) is 1. The minimum Gasteiger partial charge on any atom is -0.444 e. The number of aliphatic hydroxyl groups is 1. The van der Waals surface area contributed by atoms with Gasteiger partial charge < -0.3 is 15.2 Å². The highest BCUT2D eigenvalue weighted by atomic mass is 16.6. The molecule has 0 fully saturated rings. The van der Waals surface area contributed by atoms with Crippen molar-refractivity contribution in [3.05, 3.63) is 52.5 Å². The van der Waals surface area contributed by atoms with E-state index in [0.717, 1.165) is 11.3 Å². The third-order valence-corrected chi connectivity index (χ3v) is 3.32. The standard InChI is InChI=1S/C19H28N2O4.2C2H6/c1-14(9-10-15(2)21-11-7-6-8-17(21)23)12-16(13-22)20-18(24)25-19(3,4)5;2*1-2/h6-11,16,22H,12-13H2,1-5H3,(H,20,24);2*1-2H3/b14-9+,15-10+;;. The van der Waals surface area contributed by atoms with Crippen LogP contribution in [-0.2, 0) is 4.74 Å². The van der Waals surface area contributed by atoms with Gasteiger partial charge in [0.05, 0.1) is 12.6 Å². The highest BCUT2D eigenvalue weighted by Crippen LogP contribution is 2.10. The van der Waals surface area contributed by atoms with Gasteiger partial charge in [-0.1, -0.05) is 45.4 Å². The first-order chi connectivity index (χ1) is 13.6. The van der Waals surface area contributed by atoms with E-state index in [4.69, 9.17) is 4.74 Å². The Hall–Kier alpha value is -2.34. The van der Waals surface area contributed by atoms with Gasteiger partial charge in [0.25, 0.3) is 5.56 Å². The Morgan fingerprint density at radius 3 is 2.24 bits per heavy atom. The smallest absolute Gasteiger partial charge is 0.407 e. The molecule has 0 aliphatic rings. The third kappa shape index (κ3) is 13.5. The SMILES string of the molecule is C/C(=C\C=C(/C)n1ccccc1=O)CC(CO)NC(=O)OC(C)(C)C.CC.CC. The normalized spacial score (nSPS) is 12.6. The summed E-state index contributed by atoms with van der Waals surface area (Å²) in [6.07, 6.45) is 5.33. The van der Waals surface area contributed by atoms with Crippen LogP contribution in [0.1, 0.15) is 68.7 Å². The first kappa shape index (κ1) is 28.9. The second kappa shape index (κ2) is 15.6. The molecular weight excluding hydrogens is 368 g/mol. The number of aliphatic hydroxyl groups excluding tert-OH is 1. The fourth-order valence-corrected chi connectivity index (χ4v) is 2.15. The number of hydrogen-bond acceptors (Lipinski definition) is 4. The molecule has 1 atom stereocenters. The molecule has 6 nitrogen and oxygen atoms in total. The molecule has 1 rings (SSSR count). The molecular formula is C23H40N2O4. The van der Waals surface area contributed by atoms with Crippen LogP contribution in [0.15, 0.2) is 46.9 Å². The Morgan fingerprint density at radius 1 is 1.17 bits per heavy atom. The number of amides is 1. The predicted octanol–water partition coefficient (Wildman–Crippen LogP) is 4.98. The first-order valence-corrected chi connectivity index (χ1v) is 10.2. The van der Waals surface area contributed by atoms with Crippen molar-refractivity contribution >= 4 is 11.8 Å². The first-order valence-electron chi connectivity index (χ1n) is 10.2. The topological polar surface area (TPSA) is 80.6 Å². The Balaban J connectivity index is 0. The molecule has 1 amide bonds. The van der Waals surface area contributed by atoms with Gasteiger partial charge in [-0.3, -0.25) is 9.36 Å². The summed E-state index contributed by atoms with van der Waals surface area (Å²) in [4.78, 5) is 23.6. The van der Waals surface area contributed by atoms with E-state index in [1.54, 1.807) is 43.7 Å². The van der Waals surface area contributed by atoms with Crippen LogP contribution >= 0.6 is 0 Å². The summed E-state index contributed by atoms with van der Waals surface area (Å²) in [5.74, 6) is 0. The number of pyridine rings is 1. The predicted molar refractivity (Wildman–Crippen MR) is 122 cm³/mol. The number of carbonyl (C=O) groups is 1. The van der Waals surface area contributed by atoms with Gasteiger partial charge in [-0.15, -0.1) is 0 Å². The van der Waals surface area contributed by atoms with E-state index in [2.05, 4.69) is 5.32 Å². The summed E-state index contributed by atoms with van der Waals surface area (Å²) in [6, 6.07) is 4.56. The molecule has 0 radical (unpaired) electrons. The summed E-state index contributed by atoms with van der Waals surface area (Å²) in [7, 11) is 0. The number of allylic oxidation sites excluding steroid dienone is 3. The molecule has 0 spiro atoms. The van der Waals surface area contributed by atoms with E-state index in [0.29, 0.717) is 6.42 Å². The summed E-state index contributed by atoms with van der Waals surface area (Å²) in [5, 5.41) is 12.1. The van der Waals surface area contributed by atoms with Gasteiger partial charge in [0.1, 0.15) is 5.60 Å². The van der Waals surface area contributed by atoms with Crippen LogP contribution in [0, 0.1) is 0 Å². The molecule has 0 aromatic carbocycles. The lowest BCUT2D eigenvalue weighted by atomic mass is 10.1. The molecule has 1 aromatic rings. The van der Waals surface area contributed by atoms with Crippen molar-refractivity contribution < 1.29 is 14.6 Å². The van der Waals surface area contributed by atoms with Crippen molar-refractivity contribution in [3.63, 3.8) is 0 Å². The van der Waals surface area contributed by atoms with E-state index in [1.807, 2.05) is 53.7 Å². The number of nitrogens with zero attached hydrogens (tertiary/aromatic N) is 1. The summed E-state index contributed by atoms with van der Waals surface area (Å²) in [5.41, 5.74) is 1.06. The Morgan fingerprint density at radius 2 is 1.76 bits per heavy atom. The quantitative estimate of drug-likeness (QED) is 0.650. The number of hydrogen-bond donors (Lipinski definition) is 2. The maximum atomic E-state index is 11.8. The van der Waals surface area contributed by atoms with E-state index in [9.17, 15) is 14.7 Å². The molecule has 0 aliphatic heterocycles.